The largest absolute Gasteiger partial charge is 0.354 e. The fourth-order valence-corrected chi connectivity index (χ4v) is 4.57. The molecule has 0 aliphatic carbocycles. The van der Waals surface area contributed by atoms with Crippen molar-refractivity contribution in [3.05, 3.63) is 65.2 Å². The van der Waals surface area contributed by atoms with Crippen molar-refractivity contribution in [1.82, 2.24) is 5.32 Å². The Bertz CT molecular complexity index is 898. The normalized spacial score (nSPS) is 11.2. The number of benzene rings is 2. The lowest BCUT2D eigenvalue weighted by molar-refractivity contribution is -0.119. The highest BCUT2D eigenvalue weighted by Crippen LogP contribution is 2.23. The highest BCUT2D eigenvalue weighted by atomic mass is 32.2. The first kappa shape index (κ1) is 22.3. The average Bonchev–Trinajstić information content (AvgIpc) is 2.65. The van der Waals surface area contributed by atoms with Crippen LogP contribution in [0.4, 0.5) is 5.69 Å². The van der Waals surface area contributed by atoms with Crippen LogP contribution in [-0.4, -0.2) is 39.4 Å². The summed E-state index contributed by atoms with van der Waals surface area (Å²) in [6.07, 6.45) is 1.82. The molecule has 28 heavy (non-hydrogen) atoms. The molecular formula is C21H28N2O3S2. The Morgan fingerprint density at radius 3 is 2.57 bits per heavy atom. The first-order valence-corrected chi connectivity index (χ1v) is 12.3. The van der Waals surface area contributed by atoms with Gasteiger partial charge >= 0.3 is 0 Å². The quantitative estimate of drug-likeness (QED) is 0.599. The van der Waals surface area contributed by atoms with E-state index >= 15 is 0 Å². The number of anilines is 1. The van der Waals surface area contributed by atoms with Crippen molar-refractivity contribution in [2.75, 3.05) is 29.4 Å². The van der Waals surface area contributed by atoms with Gasteiger partial charge in [0.1, 0.15) is 6.54 Å². The van der Waals surface area contributed by atoms with Gasteiger partial charge in [0, 0.05) is 18.1 Å². The Morgan fingerprint density at radius 2 is 1.89 bits per heavy atom. The number of aryl methyl sites for hydroxylation is 2. The van der Waals surface area contributed by atoms with E-state index in [4.69, 9.17) is 0 Å². The van der Waals surface area contributed by atoms with Crippen LogP contribution in [0.15, 0.2) is 48.5 Å². The van der Waals surface area contributed by atoms with Gasteiger partial charge < -0.3 is 5.32 Å². The maximum Gasteiger partial charge on any atom is 0.240 e. The highest BCUT2D eigenvalue weighted by molar-refractivity contribution is 7.98. The molecule has 0 bridgehead atoms. The van der Waals surface area contributed by atoms with Crippen molar-refractivity contribution in [2.45, 2.75) is 26.0 Å². The number of carbonyl (C=O) groups is 1. The summed E-state index contributed by atoms with van der Waals surface area (Å²) in [5.74, 6) is 1.36. The minimum Gasteiger partial charge on any atom is -0.354 e. The summed E-state index contributed by atoms with van der Waals surface area (Å²) in [5.41, 5.74) is 3.96. The fourth-order valence-electron chi connectivity index (χ4n) is 2.88. The minimum atomic E-state index is -3.55. The van der Waals surface area contributed by atoms with E-state index < -0.39 is 10.0 Å². The zero-order chi connectivity index (χ0) is 20.6. The fraction of sp³-hybridized carbons (Fsp3) is 0.381. The van der Waals surface area contributed by atoms with Gasteiger partial charge in [0.25, 0.3) is 0 Å². The predicted octanol–water partition coefficient (Wildman–Crippen LogP) is 3.37. The molecule has 0 aliphatic heterocycles. The van der Waals surface area contributed by atoms with Gasteiger partial charge in [0.05, 0.1) is 11.9 Å². The molecule has 0 radical (unpaired) electrons. The molecule has 1 amide bonds. The number of nitrogens with one attached hydrogen (secondary N) is 1. The number of amides is 1. The van der Waals surface area contributed by atoms with E-state index in [0.717, 1.165) is 23.3 Å². The van der Waals surface area contributed by atoms with Gasteiger partial charge in [-0.2, -0.15) is 11.8 Å². The number of carbonyl (C=O) groups excluding carboxylic acids is 1. The van der Waals surface area contributed by atoms with Crippen LogP contribution in [0.2, 0.25) is 0 Å². The summed E-state index contributed by atoms with van der Waals surface area (Å²) in [6.45, 7) is 4.32. The average molecular weight is 421 g/mol. The van der Waals surface area contributed by atoms with Crippen molar-refractivity contribution in [2.24, 2.45) is 0 Å². The number of sulfonamides is 1. The van der Waals surface area contributed by atoms with Crippen molar-refractivity contribution in [3.63, 3.8) is 0 Å². The Labute approximate surface area is 172 Å². The lowest BCUT2D eigenvalue weighted by Crippen LogP contribution is -2.41. The van der Waals surface area contributed by atoms with E-state index in [1.807, 2.05) is 25.1 Å². The zero-order valence-corrected chi connectivity index (χ0v) is 18.3. The van der Waals surface area contributed by atoms with Crippen molar-refractivity contribution in [3.8, 4) is 0 Å². The van der Waals surface area contributed by atoms with Crippen molar-refractivity contribution >= 4 is 33.4 Å². The summed E-state index contributed by atoms with van der Waals surface area (Å²) < 4.78 is 25.7. The molecule has 0 saturated carbocycles. The molecule has 5 nitrogen and oxygen atoms in total. The molecule has 1 N–H and O–H groups in total. The third kappa shape index (κ3) is 6.87. The third-order valence-corrected chi connectivity index (χ3v) is 6.41. The molecule has 0 atom stereocenters. The molecule has 2 aromatic rings. The van der Waals surface area contributed by atoms with Gasteiger partial charge in [-0.1, -0.05) is 55.0 Å². The smallest absolute Gasteiger partial charge is 0.240 e. The molecule has 0 fully saturated rings. The van der Waals surface area contributed by atoms with E-state index in [0.29, 0.717) is 18.7 Å². The Balaban J connectivity index is 1.87. The standard InChI is InChI=1S/C21H28N2O3S2/c1-4-19-10-5-6-11-20(19)23(28(3,25)26)15-21(24)22-12-13-27-16-18-9-7-8-17(2)14-18/h5-11,14H,4,12-13,15-16H2,1-3H3,(H,22,24). The predicted molar refractivity (Wildman–Crippen MR) is 118 cm³/mol. The van der Waals surface area contributed by atoms with E-state index in [1.54, 1.807) is 23.9 Å². The number of hydrogen-bond donors (Lipinski definition) is 1. The van der Waals surface area contributed by atoms with Crippen LogP contribution in [0, 0.1) is 6.92 Å². The van der Waals surface area contributed by atoms with Crippen LogP contribution >= 0.6 is 11.8 Å². The highest BCUT2D eigenvalue weighted by Gasteiger charge is 2.22. The van der Waals surface area contributed by atoms with E-state index in [1.165, 1.54) is 15.4 Å². The molecule has 7 heteroatoms. The maximum absolute atomic E-state index is 12.3. The lowest BCUT2D eigenvalue weighted by Gasteiger charge is -2.24. The molecular weight excluding hydrogens is 392 g/mol. The second-order valence-corrected chi connectivity index (χ2v) is 9.66. The summed E-state index contributed by atoms with van der Waals surface area (Å²) in [4.78, 5) is 12.3. The Morgan fingerprint density at radius 1 is 1.14 bits per heavy atom. The van der Waals surface area contributed by atoms with Crippen molar-refractivity contribution < 1.29 is 13.2 Å². The lowest BCUT2D eigenvalue weighted by atomic mass is 10.1. The number of nitrogens with zero attached hydrogens (tertiary/aromatic N) is 1. The van der Waals surface area contributed by atoms with Gasteiger partial charge in [0.2, 0.25) is 15.9 Å². The van der Waals surface area contributed by atoms with Gasteiger partial charge in [-0.15, -0.1) is 0 Å². The monoisotopic (exact) mass is 420 g/mol. The van der Waals surface area contributed by atoms with Crippen LogP contribution in [-0.2, 0) is 27.0 Å². The Hall–Kier alpha value is -1.99. The molecule has 2 rings (SSSR count). The molecule has 0 spiro atoms. The summed E-state index contributed by atoms with van der Waals surface area (Å²) in [7, 11) is -3.55. The first-order valence-electron chi connectivity index (χ1n) is 9.27. The Kier molecular flexibility index (Phi) is 8.38. The second-order valence-electron chi connectivity index (χ2n) is 6.64. The summed E-state index contributed by atoms with van der Waals surface area (Å²) in [5, 5.41) is 2.82. The van der Waals surface area contributed by atoms with E-state index in [9.17, 15) is 13.2 Å². The number of rotatable bonds is 10. The van der Waals surface area contributed by atoms with Crippen LogP contribution in [0.25, 0.3) is 0 Å². The van der Waals surface area contributed by atoms with Crippen molar-refractivity contribution in [1.29, 1.82) is 0 Å². The minimum absolute atomic E-state index is 0.210. The van der Waals surface area contributed by atoms with Crippen LogP contribution in [0.5, 0.6) is 0 Å². The molecule has 0 unspecified atom stereocenters. The van der Waals surface area contributed by atoms with E-state index in [2.05, 4.69) is 30.4 Å². The molecule has 0 saturated heterocycles. The third-order valence-electron chi connectivity index (χ3n) is 4.25. The van der Waals surface area contributed by atoms with Gasteiger partial charge in [-0.25, -0.2) is 8.42 Å². The number of para-hydroxylation sites is 1. The topological polar surface area (TPSA) is 66.5 Å². The van der Waals surface area contributed by atoms with Crippen LogP contribution < -0.4 is 9.62 Å². The summed E-state index contributed by atoms with van der Waals surface area (Å²) >= 11 is 1.74. The zero-order valence-electron chi connectivity index (χ0n) is 16.6. The first-order chi connectivity index (χ1) is 13.3. The number of thioether (sulfide) groups is 1. The van der Waals surface area contributed by atoms with E-state index in [-0.39, 0.29) is 12.5 Å². The van der Waals surface area contributed by atoms with Gasteiger partial charge in [-0.3, -0.25) is 9.10 Å². The maximum atomic E-state index is 12.3. The van der Waals surface area contributed by atoms with Crippen LogP contribution in [0.3, 0.4) is 0 Å². The summed E-state index contributed by atoms with van der Waals surface area (Å²) in [6, 6.07) is 15.6. The van der Waals surface area contributed by atoms with Crippen LogP contribution in [0.1, 0.15) is 23.6 Å². The van der Waals surface area contributed by atoms with Gasteiger partial charge in [0.15, 0.2) is 0 Å². The molecule has 0 aliphatic rings. The number of hydrogen-bond acceptors (Lipinski definition) is 4. The molecule has 152 valence electrons. The molecule has 0 heterocycles. The SMILES string of the molecule is CCc1ccccc1N(CC(=O)NCCSCc1cccc(C)c1)S(C)(=O)=O. The molecule has 0 aromatic heterocycles. The van der Waals surface area contributed by atoms with Gasteiger partial charge in [-0.05, 0) is 30.5 Å². The second kappa shape index (κ2) is 10.5. The molecule has 2 aromatic carbocycles.